The number of nitrogens with one attached hydrogen (secondary N) is 1. The van der Waals surface area contributed by atoms with E-state index in [-0.39, 0.29) is 11.3 Å². The number of cyclic esters (lactones) is 1. The minimum Gasteiger partial charge on any atom is -0.507 e. The number of carbonyl (C=O) groups excluding carboxylic acids is 2. The van der Waals surface area contributed by atoms with Crippen LogP contribution in [-0.4, -0.2) is 17.1 Å². The van der Waals surface area contributed by atoms with Gasteiger partial charge in [0.2, 0.25) is 5.60 Å². The van der Waals surface area contributed by atoms with Crippen LogP contribution < -0.4 is 5.32 Å². The molecule has 2 amide bonds. The topological polar surface area (TPSA) is 75.6 Å². The number of ether oxygens (including phenoxy) is 1. The Morgan fingerprint density at radius 2 is 1.60 bits per heavy atom. The van der Waals surface area contributed by atoms with E-state index in [0.717, 1.165) is 21.9 Å². The summed E-state index contributed by atoms with van der Waals surface area (Å²) in [6.07, 6.45) is -0.814. The smallest absolute Gasteiger partial charge is 0.415 e. The first-order chi connectivity index (χ1) is 12.0. The molecule has 5 heteroatoms. The van der Waals surface area contributed by atoms with Gasteiger partial charge in [0.15, 0.2) is 0 Å². The maximum atomic E-state index is 12.0. The van der Waals surface area contributed by atoms with E-state index < -0.39 is 17.6 Å². The molecule has 1 saturated heterocycles. The second-order valence-electron chi connectivity index (χ2n) is 6.17. The van der Waals surface area contributed by atoms with Gasteiger partial charge in [-0.15, -0.1) is 0 Å². The Balaban J connectivity index is 1.76. The van der Waals surface area contributed by atoms with E-state index in [0.29, 0.717) is 0 Å². The van der Waals surface area contributed by atoms with Crippen LogP contribution in [0.25, 0.3) is 21.9 Å². The summed E-state index contributed by atoms with van der Waals surface area (Å²) in [5.41, 5.74) is 0.475. The second kappa shape index (κ2) is 5.34. The standard InChI is InChI=1S/C20H15NO4/c1-20(18(23)21-19(24)25-20)16-9-8-15(11-17(16)22)14-7-6-12-4-2-3-5-13(12)10-14/h2-11,22H,1H3,(H,21,23,24). The number of fused-ring (bicyclic) bond motifs is 1. The molecule has 1 heterocycles. The van der Waals surface area contributed by atoms with Gasteiger partial charge in [0.05, 0.1) is 0 Å². The molecule has 0 spiro atoms. The fraction of sp³-hybridized carbons (Fsp3) is 0.100. The van der Waals surface area contributed by atoms with Gasteiger partial charge in [-0.2, -0.15) is 0 Å². The minimum atomic E-state index is -1.52. The molecule has 3 aromatic carbocycles. The lowest BCUT2D eigenvalue weighted by atomic mass is 9.92. The first kappa shape index (κ1) is 15.2. The van der Waals surface area contributed by atoms with Crippen LogP contribution in [-0.2, 0) is 15.1 Å². The van der Waals surface area contributed by atoms with Gasteiger partial charge >= 0.3 is 6.09 Å². The fourth-order valence-electron chi connectivity index (χ4n) is 3.13. The third-order valence-corrected chi connectivity index (χ3v) is 4.54. The lowest BCUT2D eigenvalue weighted by molar-refractivity contribution is -0.130. The van der Waals surface area contributed by atoms with Crippen LogP contribution in [0.2, 0.25) is 0 Å². The van der Waals surface area contributed by atoms with Crippen molar-refractivity contribution in [1.82, 2.24) is 5.32 Å². The second-order valence-corrected chi connectivity index (χ2v) is 6.17. The van der Waals surface area contributed by atoms with Crippen LogP contribution in [0.3, 0.4) is 0 Å². The third-order valence-electron chi connectivity index (χ3n) is 4.54. The normalized spacial score (nSPS) is 19.7. The summed E-state index contributed by atoms with van der Waals surface area (Å²) in [5.74, 6) is -0.690. The van der Waals surface area contributed by atoms with Crippen molar-refractivity contribution in [2.24, 2.45) is 0 Å². The van der Waals surface area contributed by atoms with Crippen LogP contribution in [0, 0.1) is 0 Å². The Hall–Kier alpha value is -3.34. The lowest BCUT2D eigenvalue weighted by Crippen LogP contribution is -2.33. The molecular weight excluding hydrogens is 318 g/mol. The number of hydrogen-bond acceptors (Lipinski definition) is 4. The maximum Gasteiger partial charge on any atom is 0.415 e. The fourth-order valence-corrected chi connectivity index (χ4v) is 3.13. The van der Waals surface area contributed by atoms with Gasteiger partial charge in [-0.3, -0.25) is 10.1 Å². The van der Waals surface area contributed by atoms with Gasteiger partial charge in [0, 0.05) is 5.56 Å². The highest BCUT2D eigenvalue weighted by atomic mass is 16.6. The predicted molar refractivity (Wildman–Crippen MR) is 93.0 cm³/mol. The molecule has 25 heavy (non-hydrogen) atoms. The zero-order valence-corrected chi connectivity index (χ0v) is 13.4. The highest BCUT2D eigenvalue weighted by Gasteiger charge is 2.47. The summed E-state index contributed by atoms with van der Waals surface area (Å²) in [4.78, 5) is 23.3. The van der Waals surface area contributed by atoms with E-state index in [4.69, 9.17) is 4.74 Å². The molecule has 0 aromatic heterocycles. The first-order valence-corrected chi connectivity index (χ1v) is 7.84. The third kappa shape index (κ3) is 2.41. The van der Waals surface area contributed by atoms with E-state index in [2.05, 4.69) is 5.32 Å². The van der Waals surface area contributed by atoms with Crippen LogP contribution in [0.4, 0.5) is 4.79 Å². The molecule has 1 aliphatic heterocycles. The van der Waals surface area contributed by atoms with E-state index in [1.54, 1.807) is 18.2 Å². The number of hydrogen-bond donors (Lipinski definition) is 2. The monoisotopic (exact) mass is 333 g/mol. The number of aromatic hydroxyl groups is 1. The Bertz CT molecular complexity index is 1030. The van der Waals surface area contributed by atoms with Gasteiger partial charge in [-0.25, -0.2) is 4.79 Å². The summed E-state index contributed by atoms with van der Waals surface area (Å²) >= 11 is 0. The molecule has 5 nitrogen and oxygen atoms in total. The van der Waals surface area contributed by atoms with Crippen molar-refractivity contribution in [2.45, 2.75) is 12.5 Å². The number of carbonyl (C=O) groups is 2. The predicted octanol–water partition coefficient (Wildman–Crippen LogP) is 3.69. The van der Waals surface area contributed by atoms with Crippen molar-refractivity contribution in [3.05, 3.63) is 66.2 Å². The van der Waals surface area contributed by atoms with Crippen LogP contribution in [0.5, 0.6) is 5.75 Å². The number of benzene rings is 3. The van der Waals surface area contributed by atoms with Gasteiger partial charge < -0.3 is 9.84 Å². The molecule has 1 aliphatic rings. The number of amides is 2. The number of imide groups is 1. The minimum absolute atomic E-state index is 0.0991. The maximum absolute atomic E-state index is 12.0. The molecule has 1 atom stereocenters. The Kier molecular flexibility index (Phi) is 3.25. The molecule has 0 bridgehead atoms. The molecule has 0 saturated carbocycles. The summed E-state index contributed by atoms with van der Waals surface area (Å²) < 4.78 is 5.07. The molecule has 3 aromatic rings. The molecule has 0 radical (unpaired) electrons. The lowest BCUT2D eigenvalue weighted by Gasteiger charge is -2.21. The Labute approximate surface area is 143 Å². The van der Waals surface area contributed by atoms with E-state index in [1.165, 1.54) is 6.92 Å². The highest BCUT2D eigenvalue weighted by molar-refractivity contribution is 6.03. The van der Waals surface area contributed by atoms with Crippen LogP contribution >= 0.6 is 0 Å². The van der Waals surface area contributed by atoms with Crippen molar-refractivity contribution in [3.8, 4) is 16.9 Å². The molecule has 124 valence electrons. The Morgan fingerprint density at radius 1 is 0.920 bits per heavy atom. The van der Waals surface area contributed by atoms with E-state index in [1.807, 2.05) is 42.5 Å². The summed E-state index contributed by atoms with van der Waals surface area (Å²) in [7, 11) is 0. The molecule has 0 aliphatic carbocycles. The highest BCUT2D eigenvalue weighted by Crippen LogP contribution is 2.38. The molecule has 1 fully saturated rings. The van der Waals surface area contributed by atoms with Gasteiger partial charge in [-0.05, 0) is 41.0 Å². The van der Waals surface area contributed by atoms with E-state index in [9.17, 15) is 14.7 Å². The number of phenols is 1. The summed E-state index contributed by atoms with van der Waals surface area (Å²) in [6, 6.07) is 19.0. The molecule has 1 unspecified atom stereocenters. The van der Waals surface area contributed by atoms with Crippen molar-refractivity contribution >= 4 is 22.8 Å². The van der Waals surface area contributed by atoms with Gasteiger partial charge in [-0.1, -0.05) is 48.5 Å². The molecule has 2 N–H and O–H groups in total. The van der Waals surface area contributed by atoms with Crippen molar-refractivity contribution in [3.63, 3.8) is 0 Å². The van der Waals surface area contributed by atoms with Crippen molar-refractivity contribution in [1.29, 1.82) is 0 Å². The van der Waals surface area contributed by atoms with Crippen molar-refractivity contribution in [2.75, 3.05) is 0 Å². The van der Waals surface area contributed by atoms with Crippen LogP contribution in [0.1, 0.15) is 12.5 Å². The molecule has 4 rings (SSSR count). The van der Waals surface area contributed by atoms with Crippen LogP contribution in [0.15, 0.2) is 60.7 Å². The first-order valence-electron chi connectivity index (χ1n) is 7.84. The zero-order valence-electron chi connectivity index (χ0n) is 13.4. The summed E-state index contributed by atoms with van der Waals surface area (Å²) in [5, 5.41) is 14.7. The quantitative estimate of drug-likeness (QED) is 0.750. The van der Waals surface area contributed by atoms with Gasteiger partial charge in [0.1, 0.15) is 5.75 Å². The molecular formula is C20H15NO4. The Morgan fingerprint density at radius 3 is 2.28 bits per heavy atom. The largest absolute Gasteiger partial charge is 0.507 e. The number of phenolic OH excluding ortho intramolecular Hbond substituents is 1. The average Bonchev–Trinajstić information content (AvgIpc) is 2.87. The van der Waals surface area contributed by atoms with E-state index >= 15 is 0 Å². The van der Waals surface area contributed by atoms with Crippen molar-refractivity contribution < 1.29 is 19.4 Å². The van der Waals surface area contributed by atoms with Gasteiger partial charge in [0.25, 0.3) is 5.91 Å². The zero-order chi connectivity index (χ0) is 17.6. The number of alkyl carbamates (subject to hydrolysis) is 1. The summed E-state index contributed by atoms with van der Waals surface area (Å²) in [6.45, 7) is 1.46. The SMILES string of the molecule is CC1(c2ccc(-c3ccc4ccccc4c3)cc2O)OC(=O)NC1=O. The average molecular weight is 333 g/mol. The number of rotatable bonds is 2.